The Labute approximate surface area is 145 Å². The van der Waals surface area contributed by atoms with Gasteiger partial charge in [0.1, 0.15) is 5.70 Å². The summed E-state index contributed by atoms with van der Waals surface area (Å²) in [5.41, 5.74) is 1.71. The Morgan fingerprint density at radius 3 is 2.20 bits per heavy atom. The number of ether oxygens (including phenoxy) is 2. The lowest BCUT2D eigenvalue weighted by Crippen LogP contribution is -2.13. The fourth-order valence-electron chi connectivity index (χ4n) is 2.15. The van der Waals surface area contributed by atoms with Gasteiger partial charge in [-0.3, -0.25) is 4.79 Å². The summed E-state index contributed by atoms with van der Waals surface area (Å²) in [6, 6.07) is 11.8. The number of carbonyl (C=O) groups excluding carboxylic acids is 1. The van der Waals surface area contributed by atoms with Crippen LogP contribution in [0.3, 0.4) is 0 Å². The summed E-state index contributed by atoms with van der Waals surface area (Å²) in [5.74, 6) is -0.809. The number of allylic oxidation sites excluding steroid dienone is 1. The summed E-state index contributed by atoms with van der Waals surface area (Å²) in [5, 5.41) is 12.1. The minimum Gasteiger partial charge on any atom is -0.493 e. The molecule has 0 saturated heterocycles. The second kappa shape index (κ2) is 8.01. The lowest BCUT2D eigenvalue weighted by atomic mass is 10.1. The van der Waals surface area contributed by atoms with Crippen LogP contribution in [0.15, 0.2) is 54.2 Å². The van der Waals surface area contributed by atoms with E-state index < -0.39 is 11.8 Å². The van der Waals surface area contributed by atoms with Crippen LogP contribution in [0.2, 0.25) is 0 Å². The maximum absolute atomic E-state index is 12.4. The third kappa shape index (κ3) is 4.60. The van der Waals surface area contributed by atoms with Gasteiger partial charge in [-0.15, -0.1) is 0 Å². The molecular weight excluding hydrogens is 322 g/mol. The van der Waals surface area contributed by atoms with Crippen LogP contribution >= 0.6 is 0 Å². The van der Waals surface area contributed by atoms with Crippen LogP contribution in [0.4, 0.5) is 5.69 Å². The fraction of sp³-hybridized carbons (Fsp3) is 0.158. The molecule has 0 saturated carbocycles. The normalized spacial score (nSPS) is 10.9. The van der Waals surface area contributed by atoms with Crippen LogP contribution in [-0.2, 0) is 4.79 Å². The number of anilines is 1. The quantitative estimate of drug-likeness (QED) is 0.594. The summed E-state index contributed by atoms with van der Waals surface area (Å²) < 4.78 is 10.3. The number of carboxylic acids is 1. The van der Waals surface area contributed by atoms with E-state index in [0.717, 1.165) is 11.6 Å². The number of methoxy groups -OCH3 is 2. The van der Waals surface area contributed by atoms with E-state index >= 15 is 0 Å². The lowest BCUT2D eigenvalue weighted by molar-refractivity contribution is -0.132. The molecule has 6 heteroatoms. The van der Waals surface area contributed by atoms with Crippen molar-refractivity contribution in [2.75, 3.05) is 19.5 Å². The Morgan fingerprint density at radius 2 is 1.64 bits per heavy atom. The average molecular weight is 341 g/mol. The summed E-state index contributed by atoms with van der Waals surface area (Å²) in [7, 11) is 2.96. The number of carboxylic acid groups (broad SMARTS) is 1. The van der Waals surface area contributed by atoms with Crippen molar-refractivity contribution in [3.8, 4) is 11.5 Å². The van der Waals surface area contributed by atoms with Gasteiger partial charge in [0.05, 0.1) is 14.2 Å². The highest BCUT2D eigenvalue weighted by atomic mass is 16.5. The first kappa shape index (κ1) is 18.1. The number of aliphatic carboxylic acids is 1. The van der Waals surface area contributed by atoms with Crippen LogP contribution in [-0.4, -0.2) is 31.1 Å². The van der Waals surface area contributed by atoms with Crippen molar-refractivity contribution in [3.05, 3.63) is 65.4 Å². The van der Waals surface area contributed by atoms with Gasteiger partial charge >= 0.3 is 5.97 Å². The molecule has 0 atom stereocenters. The Kier molecular flexibility index (Phi) is 5.79. The van der Waals surface area contributed by atoms with Crippen LogP contribution in [0.25, 0.3) is 0 Å². The number of ketones is 1. The first-order valence-corrected chi connectivity index (χ1v) is 7.49. The highest BCUT2D eigenvalue weighted by molar-refractivity contribution is 6.09. The first-order chi connectivity index (χ1) is 11.9. The van der Waals surface area contributed by atoms with Gasteiger partial charge in [-0.05, 0) is 37.3 Å². The largest absolute Gasteiger partial charge is 0.493 e. The minimum atomic E-state index is -1.23. The zero-order valence-corrected chi connectivity index (χ0v) is 14.2. The molecule has 0 aliphatic rings. The SMILES string of the molecule is COc1ccc(C(=O)/C=C(\Nc2ccc(C)cc2)C(=O)O)cc1OC. The molecule has 0 unspecified atom stereocenters. The zero-order valence-electron chi connectivity index (χ0n) is 14.2. The molecule has 25 heavy (non-hydrogen) atoms. The second-order valence-electron chi connectivity index (χ2n) is 5.29. The van der Waals surface area contributed by atoms with Crippen LogP contribution in [0, 0.1) is 6.92 Å². The average Bonchev–Trinajstić information content (AvgIpc) is 2.62. The van der Waals surface area contributed by atoms with Crippen molar-refractivity contribution in [1.29, 1.82) is 0 Å². The van der Waals surface area contributed by atoms with Gasteiger partial charge in [-0.25, -0.2) is 4.79 Å². The lowest BCUT2D eigenvalue weighted by Gasteiger charge is -2.09. The number of carbonyl (C=O) groups is 2. The maximum Gasteiger partial charge on any atom is 0.352 e. The summed E-state index contributed by atoms with van der Waals surface area (Å²) in [4.78, 5) is 23.8. The van der Waals surface area contributed by atoms with Gasteiger partial charge in [0.15, 0.2) is 17.3 Å². The molecule has 0 spiro atoms. The molecular formula is C19H19NO5. The van der Waals surface area contributed by atoms with E-state index in [0.29, 0.717) is 22.7 Å². The highest BCUT2D eigenvalue weighted by Crippen LogP contribution is 2.28. The van der Waals surface area contributed by atoms with E-state index in [-0.39, 0.29) is 5.70 Å². The van der Waals surface area contributed by atoms with Crippen molar-refractivity contribution in [3.63, 3.8) is 0 Å². The molecule has 0 heterocycles. The summed E-state index contributed by atoms with van der Waals surface area (Å²) in [6.07, 6.45) is 1.05. The first-order valence-electron chi connectivity index (χ1n) is 7.49. The number of hydrogen-bond donors (Lipinski definition) is 2. The highest BCUT2D eigenvalue weighted by Gasteiger charge is 2.14. The third-order valence-corrected chi connectivity index (χ3v) is 3.50. The molecule has 0 radical (unpaired) electrons. The number of benzene rings is 2. The smallest absolute Gasteiger partial charge is 0.352 e. The van der Waals surface area contributed by atoms with E-state index in [2.05, 4.69) is 5.32 Å². The fourth-order valence-corrected chi connectivity index (χ4v) is 2.15. The van der Waals surface area contributed by atoms with Gasteiger partial charge in [-0.1, -0.05) is 17.7 Å². The van der Waals surface area contributed by atoms with Crippen molar-refractivity contribution in [2.45, 2.75) is 6.92 Å². The molecule has 0 aliphatic carbocycles. The van der Waals surface area contributed by atoms with Crippen LogP contribution in [0.1, 0.15) is 15.9 Å². The van der Waals surface area contributed by atoms with Gasteiger partial charge in [0.25, 0.3) is 0 Å². The Balaban J connectivity index is 2.28. The van der Waals surface area contributed by atoms with Crippen molar-refractivity contribution in [2.24, 2.45) is 0 Å². The summed E-state index contributed by atoms with van der Waals surface area (Å²) in [6.45, 7) is 1.93. The number of aryl methyl sites for hydroxylation is 1. The predicted octanol–water partition coefficient (Wildman–Crippen LogP) is 3.28. The number of rotatable bonds is 7. The van der Waals surface area contributed by atoms with Crippen LogP contribution < -0.4 is 14.8 Å². The van der Waals surface area contributed by atoms with Gasteiger partial charge in [0, 0.05) is 17.3 Å². The molecule has 2 aromatic carbocycles. The Bertz CT molecular complexity index is 809. The molecule has 0 fully saturated rings. The molecule has 6 nitrogen and oxygen atoms in total. The Hall–Kier alpha value is -3.28. The maximum atomic E-state index is 12.4. The van der Waals surface area contributed by atoms with Crippen molar-refractivity contribution in [1.82, 2.24) is 0 Å². The number of nitrogens with one attached hydrogen (secondary N) is 1. The topological polar surface area (TPSA) is 84.9 Å². The molecule has 2 rings (SSSR count). The molecule has 0 bridgehead atoms. The van der Waals surface area contributed by atoms with Crippen molar-refractivity contribution >= 4 is 17.4 Å². The van der Waals surface area contributed by atoms with Gasteiger partial charge in [0.2, 0.25) is 0 Å². The van der Waals surface area contributed by atoms with Crippen LogP contribution in [0.5, 0.6) is 11.5 Å². The monoisotopic (exact) mass is 341 g/mol. The molecule has 0 amide bonds. The number of hydrogen-bond acceptors (Lipinski definition) is 5. The predicted molar refractivity (Wildman–Crippen MR) is 94.4 cm³/mol. The minimum absolute atomic E-state index is 0.219. The second-order valence-corrected chi connectivity index (χ2v) is 5.29. The third-order valence-electron chi connectivity index (χ3n) is 3.50. The van der Waals surface area contributed by atoms with E-state index in [9.17, 15) is 14.7 Å². The summed E-state index contributed by atoms with van der Waals surface area (Å²) >= 11 is 0. The molecule has 0 aromatic heterocycles. The van der Waals surface area contributed by atoms with E-state index in [1.165, 1.54) is 20.3 Å². The van der Waals surface area contributed by atoms with E-state index in [1.807, 2.05) is 19.1 Å². The Morgan fingerprint density at radius 1 is 1.00 bits per heavy atom. The van der Waals surface area contributed by atoms with Gasteiger partial charge < -0.3 is 19.9 Å². The zero-order chi connectivity index (χ0) is 18.4. The van der Waals surface area contributed by atoms with E-state index in [1.54, 1.807) is 24.3 Å². The van der Waals surface area contributed by atoms with Crippen molar-refractivity contribution < 1.29 is 24.2 Å². The van der Waals surface area contributed by atoms with Gasteiger partial charge in [-0.2, -0.15) is 0 Å². The molecule has 0 aliphatic heterocycles. The standard InChI is InChI=1S/C19H19NO5/c1-12-4-7-14(8-5-12)20-15(19(22)23)11-16(21)13-6-9-17(24-2)18(10-13)25-3/h4-11,20H,1-3H3,(H,22,23)/b15-11-. The molecule has 130 valence electrons. The molecule has 2 N–H and O–H groups in total. The van der Waals surface area contributed by atoms with E-state index in [4.69, 9.17) is 9.47 Å². The molecule has 2 aromatic rings.